The molecule has 1 N–H and O–H groups in total. The van der Waals surface area contributed by atoms with E-state index < -0.39 is 11.4 Å². The lowest BCUT2D eigenvalue weighted by atomic mass is 9.93. The van der Waals surface area contributed by atoms with Crippen LogP contribution in [0.15, 0.2) is 24.4 Å². The van der Waals surface area contributed by atoms with Crippen LogP contribution in [0.5, 0.6) is 0 Å². The molecular formula is C14H11ClFN3O. The number of nitrogens with zero attached hydrogens (tertiary/aromatic N) is 2. The maximum atomic E-state index is 13.8. The Balaban J connectivity index is 2.17. The van der Waals surface area contributed by atoms with E-state index in [1.807, 2.05) is 13.8 Å². The van der Waals surface area contributed by atoms with Crippen LogP contribution in [0.4, 0.5) is 4.39 Å². The van der Waals surface area contributed by atoms with Gasteiger partial charge in [0.15, 0.2) is 5.82 Å². The zero-order chi connectivity index (χ0) is 14.5. The molecule has 2 aromatic rings. The van der Waals surface area contributed by atoms with Crippen LogP contribution in [0.2, 0.25) is 5.28 Å². The molecule has 6 heteroatoms. The van der Waals surface area contributed by atoms with Crippen molar-refractivity contribution in [2.75, 3.05) is 0 Å². The highest BCUT2D eigenvalue weighted by atomic mass is 35.5. The summed E-state index contributed by atoms with van der Waals surface area (Å²) < 4.78 is 13.8. The van der Waals surface area contributed by atoms with Crippen molar-refractivity contribution in [3.63, 3.8) is 0 Å². The number of nitrogens with one attached hydrogen (secondary N) is 1. The molecule has 0 aliphatic carbocycles. The minimum Gasteiger partial charge on any atom is -0.343 e. The first-order chi connectivity index (χ1) is 9.38. The normalized spacial score (nSPS) is 15.9. The average molecular weight is 292 g/mol. The molecule has 1 aliphatic rings. The second-order valence-corrected chi connectivity index (χ2v) is 5.51. The van der Waals surface area contributed by atoms with E-state index >= 15 is 0 Å². The molecule has 20 heavy (non-hydrogen) atoms. The van der Waals surface area contributed by atoms with E-state index in [9.17, 15) is 9.18 Å². The molecule has 0 unspecified atom stereocenters. The number of hydrogen-bond acceptors (Lipinski definition) is 3. The Morgan fingerprint density at radius 1 is 1.35 bits per heavy atom. The van der Waals surface area contributed by atoms with Crippen molar-refractivity contribution in [3.8, 4) is 11.3 Å². The fourth-order valence-electron chi connectivity index (χ4n) is 2.39. The van der Waals surface area contributed by atoms with Crippen molar-refractivity contribution in [1.82, 2.24) is 15.3 Å². The van der Waals surface area contributed by atoms with Gasteiger partial charge < -0.3 is 5.32 Å². The van der Waals surface area contributed by atoms with Crippen molar-refractivity contribution in [2.45, 2.75) is 19.4 Å². The average Bonchev–Trinajstić information content (AvgIpc) is 2.62. The molecule has 4 nitrogen and oxygen atoms in total. The number of carbonyl (C=O) groups excluding carboxylic acids is 1. The minimum atomic E-state index is -0.577. The fraction of sp³-hybridized carbons (Fsp3) is 0.214. The van der Waals surface area contributed by atoms with Gasteiger partial charge in [0.1, 0.15) is 5.69 Å². The van der Waals surface area contributed by atoms with Crippen LogP contribution in [0, 0.1) is 5.82 Å². The number of carbonyl (C=O) groups is 1. The number of rotatable bonds is 1. The highest BCUT2D eigenvalue weighted by molar-refractivity contribution is 6.28. The van der Waals surface area contributed by atoms with Crippen molar-refractivity contribution < 1.29 is 9.18 Å². The maximum Gasteiger partial charge on any atom is 0.252 e. The number of benzene rings is 1. The van der Waals surface area contributed by atoms with Crippen LogP contribution in [-0.4, -0.2) is 15.9 Å². The lowest BCUT2D eigenvalue weighted by molar-refractivity contribution is 0.0940. The van der Waals surface area contributed by atoms with Gasteiger partial charge in [0.2, 0.25) is 5.28 Å². The van der Waals surface area contributed by atoms with E-state index in [-0.39, 0.29) is 16.9 Å². The Bertz CT molecular complexity index is 730. The molecule has 1 aromatic carbocycles. The number of hydrogen-bond donors (Lipinski definition) is 1. The Morgan fingerprint density at radius 2 is 2.10 bits per heavy atom. The Hall–Kier alpha value is -2.01. The lowest BCUT2D eigenvalue weighted by Crippen LogP contribution is -2.32. The topological polar surface area (TPSA) is 54.9 Å². The number of halogens is 2. The van der Waals surface area contributed by atoms with Gasteiger partial charge in [-0.3, -0.25) is 4.79 Å². The minimum absolute atomic E-state index is 0.0355. The van der Waals surface area contributed by atoms with Gasteiger partial charge in [0.05, 0.1) is 11.7 Å². The molecule has 0 bridgehead atoms. The summed E-state index contributed by atoms with van der Waals surface area (Å²) >= 11 is 5.69. The van der Waals surface area contributed by atoms with E-state index in [2.05, 4.69) is 15.3 Å². The Kier molecular flexibility index (Phi) is 2.76. The second-order valence-electron chi connectivity index (χ2n) is 5.18. The van der Waals surface area contributed by atoms with Crippen LogP contribution in [0.3, 0.4) is 0 Å². The summed E-state index contributed by atoms with van der Waals surface area (Å²) in [6.07, 6.45) is 1.02. The highest BCUT2D eigenvalue weighted by Crippen LogP contribution is 2.33. The summed E-state index contributed by atoms with van der Waals surface area (Å²) in [5.41, 5.74) is 1.57. The van der Waals surface area contributed by atoms with Gasteiger partial charge in [-0.25, -0.2) is 14.4 Å². The zero-order valence-electron chi connectivity index (χ0n) is 10.9. The lowest BCUT2D eigenvalue weighted by Gasteiger charge is -2.18. The summed E-state index contributed by atoms with van der Waals surface area (Å²) in [4.78, 5) is 19.4. The third-order valence-electron chi connectivity index (χ3n) is 3.35. The van der Waals surface area contributed by atoms with Crippen LogP contribution < -0.4 is 5.32 Å². The molecule has 0 spiro atoms. The van der Waals surface area contributed by atoms with Gasteiger partial charge in [-0.05, 0) is 37.1 Å². The monoisotopic (exact) mass is 291 g/mol. The third kappa shape index (κ3) is 1.94. The van der Waals surface area contributed by atoms with Gasteiger partial charge in [-0.1, -0.05) is 12.1 Å². The molecule has 0 radical (unpaired) electrons. The number of aromatic nitrogens is 2. The molecule has 1 aromatic heterocycles. The molecule has 0 fully saturated rings. The van der Waals surface area contributed by atoms with Gasteiger partial charge in [0.25, 0.3) is 5.91 Å². The van der Waals surface area contributed by atoms with E-state index in [4.69, 9.17) is 11.6 Å². The van der Waals surface area contributed by atoms with Gasteiger partial charge >= 0.3 is 0 Å². The summed E-state index contributed by atoms with van der Waals surface area (Å²) in [6, 6.07) is 5.15. The smallest absolute Gasteiger partial charge is 0.252 e. The summed E-state index contributed by atoms with van der Waals surface area (Å²) in [5, 5.41) is 2.84. The molecule has 1 aliphatic heterocycles. The number of amides is 1. The quantitative estimate of drug-likeness (QED) is 0.822. The summed E-state index contributed by atoms with van der Waals surface area (Å²) in [7, 11) is 0. The van der Waals surface area contributed by atoms with Crippen molar-refractivity contribution >= 4 is 17.5 Å². The molecule has 3 rings (SSSR count). The highest BCUT2D eigenvalue weighted by Gasteiger charge is 2.35. The van der Waals surface area contributed by atoms with Gasteiger partial charge in [-0.15, -0.1) is 0 Å². The molecule has 1 amide bonds. The van der Waals surface area contributed by atoms with Crippen molar-refractivity contribution in [1.29, 1.82) is 0 Å². The third-order valence-corrected chi connectivity index (χ3v) is 3.53. The Labute approximate surface area is 120 Å². The van der Waals surface area contributed by atoms with Crippen LogP contribution >= 0.6 is 11.6 Å². The maximum absolute atomic E-state index is 13.8. The number of fused-ring (bicyclic) bond motifs is 1. The van der Waals surface area contributed by atoms with Crippen molar-refractivity contribution in [3.05, 3.63) is 46.6 Å². The first-order valence-corrected chi connectivity index (χ1v) is 6.42. The Morgan fingerprint density at radius 3 is 2.85 bits per heavy atom. The van der Waals surface area contributed by atoms with E-state index in [1.54, 1.807) is 18.2 Å². The SMILES string of the molecule is CC1(C)NC(=O)c2cc(-c3nc(Cl)ncc3F)ccc21. The standard InChI is InChI=1S/C14H11ClFN3O/c1-14(2)9-4-3-7(5-8(9)12(20)19-14)11-10(16)6-17-13(15)18-11/h3-6H,1-2H3,(H,19,20). The summed E-state index contributed by atoms with van der Waals surface area (Å²) in [6.45, 7) is 3.83. The van der Waals surface area contributed by atoms with Crippen LogP contribution in [-0.2, 0) is 5.54 Å². The second kappa shape index (κ2) is 4.24. The zero-order valence-corrected chi connectivity index (χ0v) is 11.6. The van der Waals surface area contributed by atoms with Gasteiger partial charge in [0, 0.05) is 11.1 Å². The van der Waals surface area contributed by atoms with Crippen LogP contribution in [0.1, 0.15) is 29.8 Å². The fourth-order valence-corrected chi connectivity index (χ4v) is 2.52. The van der Waals surface area contributed by atoms with E-state index in [0.717, 1.165) is 11.8 Å². The van der Waals surface area contributed by atoms with Crippen LogP contribution in [0.25, 0.3) is 11.3 Å². The largest absolute Gasteiger partial charge is 0.343 e. The molecule has 2 heterocycles. The molecule has 0 saturated heterocycles. The first-order valence-electron chi connectivity index (χ1n) is 6.04. The first kappa shape index (κ1) is 13.0. The van der Waals surface area contributed by atoms with Gasteiger partial charge in [-0.2, -0.15) is 0 Å². The van der Waals surface area contributed by atoms with Crippen molar-refractivity contribution in [2.24, 2.45) is 0 Å². The predicted octanol–water partition coefficient (Wildman–Crippen LogP) is 2.91. The van der Waals surface area contributed by atoms with E-state index in [1.165, 1.54) is 0 Å². The molecular weight excluding hydrogens is 281 g/mol. The predicted molar refractivity (Wildman–Crippen MR) is 72.9 cm³/mol. The van der Waals surface area contributed by atoms with E-state index in [0.29, 0.717) is 11.1 Å². The molecule has 0 atom stereocenters. The summed E-state index contributed by atoms with van der Waals surface area (Å²) in [5.74, 6) is -0.751. The molecule has 0 saturated carbocycles. The molecule has 102 valence electrons.